The van der Waals surface area contributed by atoms with Crippen molar-refractivity contribution in [3.63, 3.8) is 0 Å². The van der Waals surface area contributed by atoms with Gasteiger partial charge in [0.05, 0.1) is 0 Å². The maximum atomic E-state index is 13.8. The smallest absolute Gasteiger partial charge is 0.126 e. The number of rotatable bonds is 4. The Morgan fingerprint density at radius 3 is 2.53 bits per heavy atom. The highest BCUT2D eigenvalue weighted by Crippen LogP contribution is 2.26. The van der Waals surface area contributed by atoms with Crippen LogP contribution in [-0.4, -0.2) is 6.54 Å². The van der Waals surface area contributed by atoms with E-state index in [4.69, 9.17) is 5.73 Å². The zero-order chi connectivity index (χ0) is 13.8. The van der Waals surface area contributed by atoms with E-state index in [1.54, 1.807) is 0 Å². The molecule has 2 N–H and O–H groups in total. The van der Waals surface area contributed by atoms with E-state index in [0.717, 1.165) is 22.2 Å². The van der Waals surface area contributed by atoms with Crippen LogP contribution in [-0.2, 0) is 6.42 Å². The van der Waals surface area contributed by atoms with Gasteiger partial charge in [-0.1, -0.05) is 34.1 Å². The molecule has 1 unspecified atom stereocenters. The summed E-state index contributed by atoms with van der Waals surface area (Å²) in [4.78, 5) is 0. The molecular formula is C15H14BrF2N. The lowest BCUT2D eigenvalue weighted by Gasteiger charge is -2.17. The van der Waals surface area contributed by atoms with E-state index in [0.29, 0.717) is 12.0 Å². The summed E-state index contributed by atoms with van der Waals surface area (Å²) in [5.41, 5.74) is 7.08. The molecule has 19 heavy (non-hydrogen) atoms. The van der Waals surface area contributed by atoms with Crippen LogP contribution in [0.1, 0.15) is 17.0 Å². The molecule has 2 rings (SSSR count). The first-order chi connectivity index (χ1) is 9.11. The van der Waals surface area contributed by atoms with Gasteiger partial charge in [-0.2, -0.15) is 0 Å². The Labute approximate surface area is 119 Å². The molecule has 2 aromatic carbocycles. The quantitative estimate of drug-likeness (QED) is 0.903. The van der Waals surface area contributed by atoms with E-state index in [1.165, 1.54) is 6.07 Å². The Morgan fingerprint density at radius 2 is 1.84 bits per heavy atom. The molecule has 0 aliphatic heterocycles. The first-order valence-corrected chi connectivity index (χ1v) is 6.79. The van der Waals surface area contributed by atoms with E-state index in [9.17, 15) is 8.78 Å². The van der Waals surface area contributed by atoms with Crippen LogP contribution in [0.25, 0.3) is 0 Å². The summed E-state index contributed by atoms with van der Waals surface area (Å²) >= 11 is 3.45. The Morgan fingerprint density at radius 1 is 1.11 bits per heavy atom. The first-order valence-electron chi connectivity index (χ1n) is 6.00. The summed E-state index contributed by atoms with van der Waals surface area (Å²) in [5, 5.41) is 0. The second-order valence-corrected chi connectivity index (χ2v) is 5.25. The molecule has 0 saturated carbocycles. The predicted molar refractivity (Wildman–Crippen MR) is 76.0 cm³/mol. The lowest BCUT2D eigenvalue weighted by Crippen LogP contribution is -2.17. The van der Waals surface area contributed by atoms with Crippen molar-refractivity contribution in [3.05, 3.63) is 69.7 Å². The number of hydrogen-bond acceptors (Lipinski definition) is 1. The standard InChI is InChI=1S/C15H14BrF2N/c16-14-4-2-1-3-10(14)7-11(9-19)13-8-12(17)5-6-15(13)18/h1-6,8,11H,7,9,19H2. The molecule has 1 nitrogen and oxygen atoms in total. The van der Waals surface area contributed by atoms with Crippen molar-refractivity contribution >= 4 is 15.9 Å². The lowest BCUT2D eigenvalue weighted by molar-refractivity contribution is 0.557. The number of hydrogen-bond donors (Lipinski definition) is 1. The molecular weight excluding hydrogens is 312 g/mol. The van der Waals surface area contributed by atoms with Crippen LogP contribution in [0.4, 0.5) is 8.78 Å². The summed E-state index contributed by atoms with van der Waals surface area (Å²) in [6.45, 7) is 0.266. The van der Waals surface area contributed by atoms with Gasteiger partial charge in [0.15, 0.2) is 0 Å². The fourth-order valence-electron chi connectivity index (χ4n) is 2.08. The second kappa shape index (κ2) is 6.26. The van der Waals surface area contributed by atoms with Gasteiger partial charge < -0.3 is 5.73 Å². The Bertz CT molecular complexity index is 572. The van der Waals surface area contributed by atoms with E-state index in [1.807, 2.05) is 24.3 Å². The summed E-state index contributed by atoms with van der Waals surface area (Å²) < 4.78 is 28.0. The van der Waals surface area contributed by atoms with Crippen molar-refractivity contribution in [2.24, 2.45) is 5.73 Å². The van der Waals surface area contributed by atoms with E-state index >= 15 is 0 Å². The van der Waals surface area contributed by atoms with Gasteiger partial charge in [-0.05, 0) is 48.4 Å². The van der Waals surface area contributed by atoms with Crippen molar-refractivity contribution in [1.82, 2.24) is 0 Å². The molecule has 0 aliphatic carbocycles. The highest BCUT2D eigenvalue weighted by atomic mass is 79.9. The number of halogens is 3. The molecule has 0 aromatic heterocycles. The van der Waals surface area contributed by atoms with Crippen molar-refractivity contribution in [3.8, 4) is 0 Å². The average Bonchev–Trinajstić information content (AvgIpc) is 2.41. The number of nitrogens with two attached hydrogens (primary N) is 1. The summed E-state index contributed by atoms with van der Waals surface area (Å²) in [6.07, 6.45) is 0.568. The molecule has 2 aromatic rings. The van der Waals surface area contributed by atoms with Crippen LogP contribution in [0.5, 0.6) is 0 Å². The molecule has 0 amide bonds. The van der Waals surface area contributed by atoms with Crippen molar-refractivity contribution in [2.75, 3.05) is 6.54 Å². The van der Waals surface area contributed by atoms with E-state index in [-0.39, 0.29) is 12.5 Å². The summed E-state index contributed by atoms with van der Waals surface area (Å²) in [5.74, 6) is -1.10. The fraction of sp³-hybridized carbons (Fsp3) is 0.200. The topological polar surface area (TPSA) is 26.0 Å². The molecule has 0 saturated heterocycles. The highest BCUT2D eigenvalue weighted by molar-refractivity contribution is 9.10. The zero-order valence-corrected chi connectivity index (χ0v) is 11.8. The minimum atomic E-state index is -0.443. The van der Waals surface area contributed by atoms with Crippen molar-refractivity contribution in [2.45, 2.75) is 12.3 Å². The molecule has 0 spiro atoms. The Hall–Kier alpha value is -1.26. The monoisotopic (exact) mass is 325 g/mol. The van der Waals surface area contributed by atoms with Crippen LogP contribution >= 0.6 is 15.9 Å². The molecule has 0 radical (unpaired) electrons. The van der Waals surface area contributed by atoms with E-state index < -0.39 is 11.6 Å². The summed E-state index contributed by atoms with van der Waals surface area (Å²) in [6, 6.07) is 11.2. The van der Waals surface area contributed by atoms with Gasteiger partial charge in [-0.3, -0.25) is 0 Å². The largest absolute Gasteiger partial charge is 0.330 e. The second-order valence-electron chi connectivity index (χ2n) is 4.39. The molecule has 1 atom stereocenters. The Kier molecular flexibility index (Phi) is 4.66. The van der Waals surface area contributed by atoms with Gasteiger partial charge in [-0.15, -0.1) is 0 Å². The Balaban J connectivity index is 2.30. The molecule has 100 valence electrons. The van der Waals surface area contributed by atoms with Gasteiger partial charge in [0.25, 0.3) is 0 Å². The summed E-state index contributed by atoms with van der Waals surface area (Å²) in [7, 11) is 0. The third-order valence-corrected chi connectivity index (χ3v) is 3.88. The maximum absolute atomic E-state index is 13.8. The minimum absolute atomic E-state index is 0.241. The van der Waals surface area contributed by atoms with Crippen molar-refractivity contribution < 1.29 is 8.78 Å². The molecule has 0 heterocycles. The molecule has 4 heteroatoms. The highest BCUT2D eigenvalue weighted by Gasteiger charge is 2.17. The third kappa shape index (κ3) is 3.39. The van der Waals surface area contributed by atoms with Gasteiger partial charge in [0.1, 0.15) is 11.6 Å². The third-order valence-electron chi connectivity index (χ3n) is 3.11. The number of benzene rings is 2. The first kappa shape index (κ1) is 14.2. The average molecular weight is 326 g/mol. The fourth-order valence-corrected chi connectivity index (χ4v) is 2.52. The predicted octanol–water partition coefficient (Wildman–Crippen LogP) is 4.01. The van der Waals surface area contributed by atoms with Crippen LogP contribution < -0.4 is 5.73 Å². The van der Waals surface area contributed by atoms with Crippen LogP contribution in [0.15, 0.2) is 46.9 Å². The van der Waals surface area contributed by atoms with Gasteiger partial charge in [-0.25, -0.2) is 8.78 Å². The molecule has 0 aliphatic rings. The zero-order valence-electron chi connectivity index (χ0n) is 10.2. The minimum Gasteiger partial charge on any atom is -0.330 e. The van der Waals surface area contributed by atoms with Crippen LogP contribution in [0, 0.1) is 11.6 Å². The molecule has 0 fully saturated rings. The van der Waals surface area contributed by atoms with Gasteiger partial charge >= 0.3 is 0 Å². The van der Waals surface area contributed by atoms with Crippen LogP contribution in [0.2, 0.25) is 0 Å². The van der Waals surface area contributed by atoms with Gasteiger partial charge in [0, 0.05) is 10.4 Å². The normalized spacial score (nSPS) is 12.4. The SMILES string of the molecule is NCC(Cc1ccccc1Br)c1cc(F)ccc1F. The lowest BCUT2D eigenvalue weighted by atomic mass is 9.91. The molecule has 0 bridgehead atoms. The van der Waals surface area contributed by atoms with Crippen molar-refractivity contribution in [1.29, 1.82) is 0 Å². The van der Waals surface area contributed by atoms with Crippen LogP contribution in [0.3, 0.4) is 0 Å². The van der Waals surface area contributed by atoms with E-state index in [2.05, 4.69) is 15.9 Å². The van der Waals surface area contributed by atoms with Gasteiger partial charge in [0.2, 0.25) is 0 Å². The maximum Gasteiger partial charge on any atom is 0.126 e.